The Morgan fingerprint density at radius 3 is 3.00 bits per heavy atom. The fourth-order valence-electron chi connectivity index (χ4n) is 2.64. The van der Waals surface area contributed by atoms with E-state index in [4.69, 9.17) is 4.74 Å². The van der Waals surface area contributed by atoms with E-state index in [2.05, 4.69) is 10.4 Å². The molecule has 0 spiro atoms. The van der Waals surface area contributed by atoms with Crippen molar-refractivity contribution in [2.24, 2.45) is 5.92 Å². The zero-order valence-electron chi connectivity index (χ0n) is 13.4. The van der Waals surface area contributed by atoms with Crippen LogP contribution >= 0.6 is 0 Å². The van der Waals surface area contributed by atoms with Gasteiger partial charge in [0.2, 0.25) is 5.91 Å². The van der Waals surface area contributed by atoms with Crippen LogP contribution < -0.4 is 5.32 Å². The number of hydrogen-bond donors (Lipinski definition) is 1. The minimum atomic E-state index is -0.144. The zero-order chi connectivity index (χ0) is 16.1. The molecule has 122 valence electrons. The van der Waals surface area contributed by atoms with E-state index in [1.165, 1.54) is 0 Å². The molecule has 1 aromatic heterocycles. The van der Waals surface area contributed by atoms with Crippen molar-refractivity contribution in [2.75, 3.05) is 33.4 Å². The summed E-state index contributed by atoms with van der Waals surface area (Å²) in [6.45, 7) is 6.28. The topological polar surface area (TPSA) is 76.5 Å². The zero-order valence-corrected chi connectivity index (χ0v) is 13.4. The molecule has 0 saturated carbocycles. The molecule has 7 heteroatoms. The maximum atomic E-state index is 12.2. The molecule has 1 aliphatic heterocycles. The first-order valence-electron chi connectivity index (χ1n) is 7.61. The molecular weight excluding hydrogens is 284 g/mol. The van der Waals surface area contributed by atoms with Gasteiger partial charge in [-0.05, 0) is 19.9 Å². The van der Waals surface area contributed by atoms with E-state index in [0.29, 0.717) is 38.4 Å². The minimum Gasteiger partial charge on any atom is -0.383 e. The lowest BCUT2D eigenvalue weighted by atomic mass is 10.1. The van der Waals surface area contributed by atoms with Gasteiger partial charge in [0, 0.05) is 51.3 Å². The minimum absolute atomic E-state index is 0.128. The molecule has 1 atom stereocenters. The molecule has 0 bridgehead atoms. The fraction of sp³-hybridized carbons (Fsp3) is 0.667. The van der Waals surface area contributed by atoms with Crippen LogP contribution in [0.5, 0.6) is 0 Å². The highest BCUT2D eigenvalue weighted by Crippen LogP contribution is 2.17. The lowest BCUT2D eigenvalue weighted by Gasteiger charge is -2.16. The Balaban J connectivity index is 1.84. The van der Waals surface area contributed by atoms with E-state index in [-0.39, 0.29) is 23.8 Å². The Hall–Kier alpha value is -1.89. The molecule has 7 nitrogen and oxygen atoms in total. The molecule has 1 aromatic rings. The summed E-state index contributed by atoms with van der Waals surface area (Å²) in [5.41, 5.74) is 0.551. The molecule has 1 N–H and O–H groups in total. The molecule has 1 aliphatic rings. The summed E-state index contributed by atoms with van der Waals surface area (Å²) in [5, 5.41) is 7.06. The number of ether oxygens (including phenoxy) is 1. The molecule has 0 aromatic carbocycles. The van der Waals surface area contributed by atoms with Crippen molar-refractivity contribution in [1.29, 1.82) is 0 Å². The van der Waals surface area contributed by atoms with Crippen molar-refractivity contribution >= 4 is 11.8 Å². The highest BCUT2D eigenvalue weighted by Gasteiger charge is 2.29. The van der Waals surface area contributed by atoms with Gasteiger partial charge in [0.25, 0.3) is 5.91 Å². The third kappa shape index (κ3) is 3.85. The number of hydrogen-bond acceptors (Lipinski definition) is 4. The number of aromatic nitrogens is 2. The largest absolute Gasteiger partial charge is 0.383 e. The normalized spacial score (nSPS) is 18.3. The Kier molecular flexibility index (Phi) is 5.54. The van der Waals surface area contributed by atoms with E-state index in [9.17, 15) is 9.59 Å². The summed E-state index contributed by atoms with van der Waals surface area (Å²) >= 11 is 0. The lowest BCUT2D eigenvalue weighted by molar-refractivity contribution is -0.128. The van der Waals surface area contributed by atoms with Crippen LogP contribution in [0.25, 0.3) is 0 Å². The average molecular weight is 308 g/mol. The van der Waals surface area contributed by atoms with Crippen molar-refractivity contribution in [2.45, 2.75) is 26.3 Å². The molecule has 0 radical (unpaired) electrons. The molecule has 2 amide bonds. The first-order valence-corrected chi connectivity index (χ1v) is 7.61. The predicted molar refractivity (Wildman–Crippen MR) is 81.5 cm³/mol. The van der Waals surface area contributed by atoms with Crippen molar-refractivity contribution < 1.29 is 14.3 Å². The van der Waals surface area contributed by atoms with E-state index < -0.39 is 0 Å². The summed E-state index contributed by atoms with van der Waals surface area (Å²) in [6, 6.07) is 1.84. The molecule has 0 aliphatic carbocycles. The number of methoxy groups -OCH3 is 1. The molecule has 1 saturated heterocycles. The van der Waals surface area contributed by atoms with Gasteiger partial charge < -0.3 is 15.0 Å². The van der Waals surface area contributed by atoms with Gasteiger partial charge >= 0.3 is 0 Å². The van der Waals surface area contributed by atoms with Gasteiger partial charge in [-0.1, -0.05) is 0 Å². The Morgan fingerprint density at radius 2 is 2.32 bits per heavy atom. The van der Waals surface area contributed by atoms with Crippen LogP contribution in [0.2, 0.25) is 0 Å². The third-order valence-corrected chi connectivity index (χ3v) is 3.80. The van der Waals surface area contributed by atoms with E-state index in [1.807, 2.05) is 13.8 Å². The van der Waals surface area contributed by atoms with Crippen molar-refractivity contribution in [1.82, 2.24) is 20.0 Å². The first kappa shape index (κ1) is 16.5. The van der Waals surface area contributed by atoms with Gasteiger partial charge in [-0.2, -0.15) is 5.10 Å². The Labute approximate surface area is 130 Å². The number of nitrogens with one attached hydrogen (secondary N) is 1. The average Bonchev–Trinajstić information content (AvgIpc) is 3.09. The monoisotopic (exact) mass is 308 g/mol. The van der Waals surface area contributed by atoms with Crippen LogP contribution in [0.15, 0.2) is 12.3 Å². The van der Waals surface area contributed by atoms with Crippen molar-refractivity contribution in [3.8, 4) is 0 Å². The molecular formula is C15H24N4O3. The lowest BCUT2D eigenvalue weighted by Crippen LogP contribution is -2.33. The molecule has 2 heterocycles. The standard InChI is InChI=1S/C15H24N4O3/c1-11(2)19-13(4-5-17-19)15(21)16-9-12-8-14(20)18(10-12)6-7-22-3/h4-5,11-12H,6-10H2,1-3H3,(H,16,21)/t12-/m0/s1. The van der Waals surface area contributed by atoms with Crippen molar-refractivity contribution in [3.05, 3.63) is 18.0 Å². The number of amides is 2. The van der Waals surface area contributed by atoms with Crippen LogP contribution in [0, 0.1) is 5.92 Å². The quantitative estimate of drug-likeness (QED) is 0.804. The number of nitrogens with zero attached hydrogens (tertiary/aromatic N) is 3. The molecule has 2 rings (SSSR count). The summed E-state index contributed by atoms with van der Waals surface area (Å²) in [7, 11) is 1.62. The third-order valence-electron chi connectivity index (χ3n) is 3.80. The molecule has 1 fully saturated rings. The van der Waals surface area contributed by atoms with Crippen LogP contribution in [0.1, 0.15) is 36.8 Å². The SMILES string of the molecule is COCCN1C[C@H](CNC(=O)c2ccnn2C(C)C)CC1=O. The second-order valence-electron chi connectivity index (χ2n) is 5.87. The van der Waals surface area contributed by atoms with Crippen LogP contribution in [-0.2, 0) is 9.53 Å². The highest BCUT2D eigenvalue weighted by molar-refractivity contribution is 5.92. The number of carbonyl (C=O) groups excluding carboxylic acids is 2. The maximum absolute atomic E-state index is 12.2. The summed E-state index contributed by atoms with van der Waals surface area (Å²) in [6.07, 6.45) is 2.11. The van der Waals surface area contributed by atoms with Gasteiger partial charge in [0.05, 0.1) is 6.61 Å². The highest BCUT2D eigenvalue weighted by atomic mass is 16.5. The fourth-order valence-corrected chi connectivity index (χ4v) is 2.64. The van der Waals surface area contributed by atoms with Crippen LogP contribution in [0.4, 0.5) is 0 Å². The number of rotatable bonds is 7. The predicted octanol–water partition coefficient (Wildman–Crippen LogP) is 0.689. The summed E-state index contributed by atoms with van der Waals surface area (Å²) < 4.78 is 6.69. The second kappa shape index (κ2) is 7.40. The van der Waals surface area contributed by atoms with E-state index >= 15 is 0 Å². The van der Waals surface area contributed by atoms with E-state index in [1.54, 1.807) is 29.0 Å². The van der Waals surface area contributed by atoms with Crippen LogP contribution in [-0.4, -0.2) is 59.8 Å². The van der Waals surface area contributed by atoms with Crippen molar-refractivity contribution in [3.63, 3.8) is 0 Å². The van der Waals surface area contributed by atoms with Gasteiger partial charge in [0.1, 0.15) is 5.69 Å². The van der Waals surface area contributed by atoms with Gasteiger partial charge in [-0.25, -0.2) is 0 Å². The van der Waals surface area contributed by atoms with Gasteiger partial charge in [-0.15, -0.1) is 0 Å². The summed E-state index contributed by atoms with van der Waals surface area (Å²) in [5.74, 6) is 0.140. The smallest absolute Gasteiger partial charge is 0.269 e. The van der Waals surface area contributed by atoms with Crippen LogP contribution in [0.3, 0.4) is 0 Å². The number of carbonyl (C=O) groups is 2. The van der Waals surface area contributed by atoms with E-state index in [0.717, 1.165) is 0 Å². The van der Waals surface area contributed by atoms with Gasteiger partial charge in [-0.3, -0.25) is 14.3 Å². The second-order valence-corrected chi connectivity index (χ2v) is 5.87. The maximum Gasteiger partial charge on any atom is 0.269 e. The Morgan fingerprint density at radius 1 is 1.55 bits per heavy atom. The first-order chi connectivity index (χ1) is 10.5. The molecule has 0 unspecified atom stereocenters. The summed E-state index contributed by atoms with van der Waals surface area (Å²) in [4.78, 5) is 25.9. The number of likely N-dealkylation sites (tertiary alicyclic amines) is 1. The van der Waals surface area contributed by atoms with Gasteiger partial charge in [0.15, 0.2) is 0 Å². The Bertz CT molecular complexity index is 527. The molecule has 22 heavy (non-hydrogen) atoms.